The zero-order chi connectivity index (χ0) is 0. The molecule has 0 spiro atoms. The number of rotatable bonds is 0. The van der Waals surface area contributed by atoms with Crippen LogP contribution in [0.15, 0.2) is 0 Å². The Hall–Kier alpha value is 4.49. The molecule has 0 aliphatic heterocycles. The SMILES string of the molecule is [B].[Fe].[La].[Nd].[Pr]. The van der Waals surface area contributed by atoms with E-state index < -0.39 is 0 Å². The Morgan fingerprint density at radius 3 is 1.00 bits per heavy atom. The van der Waals surface area contributed by atoms with E-state index in [4.69, 9.17) is 0 Å². The normalized spacial score (nSPS) is 0. The fourth-order valence-corrected chi connectivity index (χ4v) is 0. The average molecular weight is 491 g/mol. The van der Waals surface area contributed by atoms with Crippen molar-refractivity contribution in [2.24, 2.45) is 0 Å². The van der Waals surface area contributed by atoms with Gasteiger partial charge in [0.1, 0.15) is 0 Å². The minimum atomic E-state index is 0. The first-order chi connectivity index (χ1) is 0. The van der Waals surface area contributed by atoms with Gasteiger partial charge < -0.3 is 0 Å². The van der Waals surface area contributed by atoms with Crippen molar-refractivity contribution in [2.45, 2.75) is 0 Å². The number of hydrogen-bond acceptors (Lipinski definition) is 0. The van der Waals surface area contributed by atoms with Crippen LogP contribution < -0.4 is 0 Å². The van der Waals surface area contributed by atoms with Crippen molar-refractivity contribution in [3.8, 4) is 0 Å². The molecule has 21 valence electrons. The molecule has 0 aromatic carbocycles. The average Bonchev–Trinajstić information content (AvgIpc) is 0. The molecule has 0 N–H and O–H groups in total. The Morgan fingerprint density at radius 1 is 1.00 bits per heavy atom. The van der Waals surface area contributed by atoms with E-state index in [1.54, 1.807) is 0 Å². The van der Waals surface area contributed by atoms with E-state index in [2.05, 4.69) is 0 Å². The Labute approximate surface area is 139 Å². The Morgan fingerprint density at radius 2 is 1.00 bits per heavy atom. The summed E-state index contributed by atoms with van der Waals surface area (Å²) in [6, 6.07) is 0. The molecule has 0 aromatic rings. The zero-order valence-corrected chi connectivity index (χ0v) is 14.2. The molecule has 0 saturated carbocycles. The van der Waals surface area contributed by atoms with Gasteiger partial charge in [0.2, 0.25) is 0 Å². The molecule has 0 aliphatic rings. The molecule has 0 heterocycles. The van der Waals surface area contributed by atoms with Crippen molar-refractivity contribution in [1.82, 2.24) is 0 Å². The number of hydrogen-bond donors (Lipinski definition) is 0. The first-order valence-corrected chi connectivity index (χ1v) is 0. The first-order valence-electron chi connectivity index (χ1n) is 0. The van der Waals surface area contributed by atoms with Gasteiger partial charge in [0.15, 0.2) is 0 Å². The third-order valence-electron chi connectivity index (χ3n) is 0. The molecular weight excluding hydrogens is 491 g/mol. The van der Waals surface area contributed by atoms with E-state index in [1.165, 1.54) is 0 Å². The molecule has 0 nitrogen and oxygen atoms in total. The van der Waals surface area contributed by atoms with E-state index in [-0.39, 0.29) is 143 Å². The summed E-state index contributed by atoms with van der Waals surface area (Å²) in [7, 11) is 0. The van der Waals surface area contributed by atoms with Crippen LogP contribution in [0.2, 0.25) is 0 Å². The van der Waals surface area contributed by atoms with E-state index in [9.17, 15) is 0 Å². The largest absolute Gasteiger partial charge is 0 e. The van der Waals surface area contributed by atoms with Crippen molar-refractivity contribution in [3.63, 3.8) is 0 Å². The summed E-state index contributed by atoms with van der Waals surface area (Å²) in [5, 5.41) is 0. The van der Waals surface area contributed by atoms with E-state index in [1.807, 2.05) is 0 Å². The second-order valence-electron chi connectivity index (χ2n) is 0. The van der Waals surface area contributed by atoms with Crippen LogP contribution in [-0.2, 0) is 17.1 Å². The van der Waals surface area contributed by atoms with E-state index in [0.717, 1.165) is 0 Å². The minimum absolute atomic E-state index is 0. The van der Waals surface area contributed by atoms with Crippen molar-refractivity contribution in [1.29, 1.82) is 0 Å². The van der Waals surface area contributed by atoms with E-state index >= 15 is 0 Å². The second-order valence-corrected chi connectivity index (χ2v) is 0. The second kappa shape index (κ2) is 23.6. The van der Waals surface area contributed by atoms with Gasteiger partial charge in [-0.15, -0.1) is 0 Å². The molecule has 5 heavy (non-hydrogen) atoms. The van der Waals surface area contributed by atoms with Gasteiger partial charge in [-0.2, -0.15) is 0 Å². The maximum Gasteiger partial charge on any atom is 0 e. The van der Waals surface area contributed by atoms with Gasteiger partial charge in [-0.3, -0.25) is 0 Å². The van der Waals surface area contributed by atoms with Crippen LogP contribution in [0.5, 0.6) is 0 Å². The van der Waals surface area contributed by atoms with Crippen LogP contribution in [0.25, 0.3) is 0 Å². The monoisotopic (exact) mass is 489 g/mol. The van der Waals surface area contributed by atoms with Crippen LogP contribution in [0.1, 0.15) is 0 Å². The first kappa shape index (κ1) is 33.9. The summed E-state index contributed by atoms with van der Waals surface area (Å²) in [4.78, 5) is 0. The Kier molecular flexibility index (Phi) is 160. The molecule has 5 radical (unpaired) electrons. The predicted molar refractivity (Wildman–Crippen MR) is 5.75 cm³/mol. The molecule has 0 unspecified atom stereocenters. The molecular formula is BFeLaNdPr. The fourth-order valence-electron chi connectivity index (χ4n) is 0. The molecule has 0 bridgehead atoms. The zero-order valence-electron chi connectivity index (χ0n) is 2.59. The Balaban J connectivity index is 0. The molecule has 0 saturated heterocycles. The van der Waals surface area contributed by atoms with Crippen molar-refractivity contribution >= 4 is 8.41 Å². The van der Waals surface area contributed by atoms with Gasteiger partial charge in [0.05, 0.1) is 0 Å². The van der Waals surface area contributed by atoms with Crippen LogP contribution in [0.4, 0.5) is 0 Å². The summed E-state index contributed by atoms with van der Waals surface area (Å²) >= 11 is 0. The summed E-state index contributed by atoms with van der Waals surface area (Å²) in [5.74, 6) is 0. The van der Waals surface area contributed by atoms with Gasteiger partial charge in [-0.05, 0) is 0 Å². The smallest absolute Gasteiger partial charge is 0 e. The van der Waals surface area contributed by atoms with Gasteiger partial charge in [-0.1, -0.05) is 0 Å². The Bertz CT molecular complexity index is 11.6. The standard InChI is InChI=1S/B.Fe.La.Nd.Pr. The van der Waals surface area contributed by atoms with E-state index in [0.29, 0.717) is 0 Å². The molecule has 0 atom stereocenters. The predicted octanol–water partition coefficient (Wildman–Crippen LogP) is -0.383. The molecule has 0 aliphatic carbocycles. The summed E-state index contributed by atoms with van der Waals surface area (Å²) in [5.41, 5.74) is 0. The summed E-state index contributed by atoms with van der Waals surface area (Å²) in [6.07, 6.45) is 0. The topological polar surface area (TPSA) is 0 Å². The maximum atomic E-state index is 0. The molecule has 0 aromatic heterocycles. The summed E-state index contributed by atoms with van der Waals surface area (Å²) < 4.78 is 0. The molecule has 5 heteroatoms. The quantitative estimate of drug-likeness (QED) is 0.406. The molecule has 0 amide bonds. The van der Waals surface area contributed by atoms with Crippen molar-refractivity contribution < 1.29 is 135 Å². The van der Waals surface area contributed by atoms with Gasteiger partial charge in [0.25, 0.3) is 0 Å². The molecule has 0 fully saturated rings. The van der Waals surface area contributed by atoms with Crippen LogP contribution in [-0.4, -0.2) is 8.41 Å². The minimum Gasteiger partial charge on any atom is 0 e. The third-order valence-corrected chi connectivity index (χ3v) is 0. The van der Waals surface area contributed by atoms with Crippen molar-refractivity contribution in [3.05, 3.63) is 0 Å². The van der Waals surface area contributed by atoms with Gasteiger partial charge in [-0.25, -0.2) is 0 Å². The van der Waals surface area contributed by atoms with Crippen LogP contribution in [0.3, 0.4) is 0 Å². The van der Waals surface area contributed by atoms with Crippen LogP contribution in [0, 0.1) is 118 Å². The van der Waals surface area contributed by atoms with Gasteiger partial charge >= 0.3 is 0 Å². The van der Waals surface area contributed by atoms with Crippen LogP contribution >= 0.6 is 0 Å². The maximum absolute atomic E-state index is 0. The third kappa shape index (κ3) is 17.7. The van der Waals surface area contributed by atoms with Gasteiger partial charge in [0, 0.05) is 143 Å². The van der Waals surface area contributed by atoms with Crippen molar-refractivity contribution in [2.75, 3.05) is 0 Å². The summed E-state index contributed by atoms with van der Waals surface area (Å²) in [6.45, 7) is 0. The fraction of sp³-hybridized carbons (Fsp3) is 0. The molecule has 0 rings (SSSR count).